The molecule has 2 aliphatic heterocycles. The minimum absolute atomic E-state index is 0.320. The number of nitrogens with one attached hydrogen (secondary N) is 2. The number of rotatable bonds is 9. The Morgan fingerprint density at radius 3 is 2.68 bits per heavy atom. The fourth-order valence-electron chi connectivity index (χ4n) is 4.33. The van der Waals surface area contributed by atoms with E-state index in [1.54, 1.807) is 6.07 Å². The first-order valence-corrected chi connectivity index (χ1v) is 12.3. The van der Waals surface area contributed by atoms with Crippen molar-refractivity contribution in [3.8, 4) is 16.2 Å². The molecule has 10 N–H and O–H groups in total. The van der Waals surface area contributed by atoms with Crippen LogP contribution in [0.25, 0.3) is 10.4 Å². The topological polar surface area (TPSA) is 224 Å². The van der Waals surface area contributed by atoms with Crippen LogP contribution >= 0.6 is 11.3 Å². The van der Waals surface area contributed by atoms with Crippen molar-refractivity contribution < 1.29 is 49.7 Å². The number of carboxylic acid groups (broad SMARTS) is 1. The highest BCUT2D eigenvalue weighted by Gasteiger charge is 2.53. The number of nitrogens with two attached hydrogens (primary N) is 1. The van der Waals surface area contributed by atoms with Crippen LogP contribution in [0, 0.1) is 0 Å². The SMILES string of the molecule is NCC(O)C(O)C1O[C@](O)(C(=O)O)CC(O)[C@@H]1NC(O)CNC(=O)c1cc2c(s1)-c1ccccc1OC2. The number of aliphatic carboxylic acids is 1. The van der Waals surface area contributed by atoms with Gasteiger partial charge < -0.3 is 51.2 Å². The smallest absolute Gasteiger partial charge is 0.364 e. The molecule has 0 aliphatic carbocycles. The maximum Gasteiger partial charge on any atom is 0.364 e. The van der Waals surface area contributed by atoms with Crippen molar-refractivity contribution in [1.29, 1.82) is 0 Å². The zero-order valence-corrected chi connectivity index (χ0v) is 20.3. The van der Waals surface area contributed by atoms with Crippen molar-refractivity contribution in [2.24, 2.45) is 5.73 Å². The molecule has 5 unspecified atom stereocenters. The van der Waals surface area contributed by atoms with Crippen molar-refractivity contribution in [1.82, 2.24) is 10.6 Å². The zero-order chi connectivity index (χ0) is 26.9. The molecule has 0 radical (unpaired) electrons. The summed E-state index contributed by atoms with van der Waals surface area (Å²) in [7, 11) is 0. The first-order valence-electron chi connectivity index (χ1n) is 11.5. The van der Waals surface area contributed by atoms with E-state index in [1.165, 1.54) is 11.3 Å². The summed E-state index contributed by atoms with van der Waals surface area (Å²) in [5.41, 5.74) is 7.09. The number of carboxylic acids is 1. The van der Waals surface area contributed by atoms with E-state index in [0.29, 0.717) is 11.5 Å². The molecule has 4 rings (SSSR count). The number of ether oxygens (including phenoxy) is 2. The van der Waals surface area contributed by atoms with E-state index in [4.69, 9.17) is 15.2 Å². The molecule has 3 heterocycles. The Labute approximate surface area is 215 Å². The summed E-state index contributed by atoms with van der Waals surface area (Å²) in [5, 5.41) is 65.9. The summed E-state index contributed by atoms with van der Waals surface area (Å²) in [4.78, 5) is 25.5. The van der Waals surface area contributed by atoms with Gasteiger partial charge in [0.1, 0.15) is 30.8 Å². The van der Waals surface area contributed by atoms with Crippen molar-refractivity contribution in [2.45, 2.75) is 55.5 Å². The molecule has 2 aliphatic rings. The minimum Gasteiger partial charge on any atom is -0.488 e. The fourth-order valence-corrected chi connectivity index (χ4v) is 5.44. The van der Waals surface area contributed by atoms with Crippen LogP contribution in [0.3, 0.4) is 0 Å². The van der Waals surface area contributed by atoms with Gasteiger partial charge in [0.05, 0.1) is 29.7 Å². The predicted octanol–water partition coefficient (Wildman–Crippen LogP) is -2.08. The van der Waals surface area contributed by atoms with E-state index in [9.17, 15) is 40.2 Å². The van der Waals surface area contributed by atoms with Crippen LogP contribution in [-0.4, -0.2) is 98.1 Å². The number of carbonyl (C=O) groups is 2. The largest absolute Gasteiger partial charge is 0.488 e. The molecule has 1 aromatic carbocycles. The van der Waals surface area contributed by atoms with Crippen molar-refractivity contribution in [3.05, 3.63) is 40.8 Å². The van der Waals surface area contributed by atoms with Gasteiger partial charge in [0.25, 0.3) is 11.7 Å². The number of benzene rings is 1. The highest BCUT2D eigenvalue weighted by atomic mass is 32.1. The third-order valence-corrected chi connectivity index (χ3v) is 7.49. The van der Waals surface area contributed by atoms with Crippen LogP contribution in [0.2, 0.25) is 0 Å². The highest BCUT2D eigenvalue weighted by molar-refractivity contribution is 7.17. The molecular weight excluding hydrogens is 510 g/mol. The summed E-state index contributed by atoms with van der Waals surface area (Å²) in [6.07, 6.45) is -8.94. The molecule has 13 nitrogen and oxygen atoms in total. The summed E-state index contributed by atoms with van der Waals surface area (Å²) < 4.78 is 10.8. The lowest BCUT2D eigenvalue weighted by molar-refractivity contribution is -0.296. The Morgan fingerprint density at radius 2 is 1.97 bits per heavy atom. The lowest BCUT2D eigenvalue weighted by Crippen LogP contribution is -2.68. The molecule has 202 valence electrons. The number of carbonyl (C=O) groups excluding carboxylic acids is 1. The first kappa shape index (κ1) is 27.4. The lowest BCUT2D eigenvalue weighted by atomic mass is 9.88. The predicted molar refractivity (Wildman–Crippen MR) is 129 cm³/mol. The van der Waals surface area contributed by atoms with Gasteiger partial charge in [-0.2, -0.15) is 0 Å². The Balaban J connectivity index is 1.41. The van der Waals surface area contributed by atoms with Crippen molar-refractivity contribution in [2.75, 3.05) is 13.1 Å². The Bertz CT molecular complexity index is 1150. The third-order valence-electron chi connectivity index (χ3n) is 6.28. The molecule has 1 saturated heterocycles. The number of aliphatic hydroxyl groups excluding tert-OH is 4. The molecule has 0 spiro atoms. The Kier molecular flexibility index (Phi) is 8.13. The van der Waals surface area contributed by atoms with E-state index in [0.717, 1.165) is 21.8 Å². The third kappa shape index (κ3) is 5.62. The van der Waals surface area contributed by atoms with Gasteiger partial charge in [-0.25, -0.2) is 4.79 Å². The highest BCUT2D eigenvalue weighted by Crippen LogP contribution is 2.42. The van der Waals surface area contributed by atoms with E-state index in [2.05, 4.69) is 10.6 Å². The molecule has 1 amide bonds. The van der Waals surface area contributed by atoms with E-state index >= 15 is 0 Å². The zero-order valence-electron chi connectivity index (χ0n) is 19.5. The van der Waals surface area contributed by atoms with Crippen LogP contribution in [0.4, 0.5) is 0 Å². The summed E-state index contributed by atoms with van der Waals surface area (Å²) in [5.74, 6) is -4.38. The van der Waals surface area contributed by atoms with E-state index in [1.807, 2.05) is 24.3 Å². The number of para-hydroxylation sites is 1. The van der Waals surface area contributed by atoms with E-state index < -0.39 is 67.3 Å². The van der Waals surface area contributed by atoms with Crippen LogP contribution in [0.5, 0.6) is 5.75 Å². The number of amides is 1. The fraction of sp³-hybridized carbons (Fsp3) is 0.478. The quantitative estimate of drug-likeness (QED) is 0.157. The van der Waals surface area contributed by atoms with Gasteiger partial charge in [-0.1, -0.05) is 12.1 Å². The normalized spacial score (nSPS) is 27.2. The monoisotopic (exact) mass is 539 g/mol. The van der Waals surface area contributed by atoms with Crippen molar-refractivity contribution in [3.63, 3.8) is 0 Å². The average Bonchev–Trinajstić information content (AvgIpc) is 3.33. The second kappa shape index (κ2) is 11.0. The lowest BCUT2D eigenvalue weighted by Gasteiger charge is -2.45. The van der Waals surface area contributed by atoms with Crippen molar-refractivity contribution >= 4 is 23.2 Å². The number of aliphatic hydroxyl groups is 5. The minimum atomic E-state index is -2.84. The van der Waals surface area contributed by atoms with Crippen LogP contribution in [-0.2, 0) is 16.1 Å². The van der Waals surface area contributed by atoms with Gasteiger partial charge in [0.15, 0.2) is 0 Å². The van der Waals surface area contributed by atoms with Crippen LogP contribution in [0.1, 0.15) is 21.7 Å². The molecule has 14 heteroatoms. The maximum atomic E-state index is 12.8. The van der Waals surface area contributed by atoms with Gasteiger partial charge in [-0.3, -0.25) is 10.1 Å². The first-order chi connectivity index (χ1) is 17.5. The second-order valence-electron chi connectivity index (χ2n) is 8.91. The molecular formula is C23H29N3O10S. The standard InChI is InChI=1S/C23H29N3O10S/c24-7-13(28)18(30)19-17(12(27)6-23(34,36-19)22(32)33)26-16(29)8-25-21(31)15-5-10-9-35-14-4-2-1-3-11(14)20(10)37-15/h1-5,12-13,16-19,26-30,34H,6-9,24H2,(H,25,31)(H,32,33)/t12?,13?,16?,17-,18?,19?,23-/m0/s1. The maximum absolute atomic E-state index is 12.8. The molecule has 7 atom stereocenters. The summed E-state index contributed by atoms with van der Waals surface area (Å²) in [6, 6.07) is 7.85. The molecule has 0 saturated carbocycles. The molecule has 1 fully saturated rings. The number of thiophene rings is 1. The summed E-state index contributed by atoms with van der Waals surface area (Å²) >= 11 is 1.28. The molecule has 37 heavy (non-hydrogen) atoms. The van der Waals surface area contributed by atoms with Gasteiger partial charge in [0.2, 0.25) is 0 Å². The van der Waals surface area contributed by atoms with Gasteiger partial charge in [-0.15, -0.1) is 11.3 Å². The van der Waals surface area contributed by atoms with E-state index in [-0.39, 0.29) is 6.54 Å². The number of hydrogen-bond acceptors (Lipinski definition) is 12. The van der Waals surface area contributed by atoms with Gasteiger partial charge in [-0.05, 0) is 18.2 Å². The summed E-state index contributed by atoms with van der Waals surface area (Å²) in [6.45, 7) is -0.432. The van der Waals surface area contributed by atoms with Gasteiger partial charge in [0, 0.05) is 29.0 Å². The Hall–Kier alpha value is -2.66. The number of fused-ring (bicyclic) bond motifs is 3. The second-order valence-corrected chi connectivity index (χ2v) is 9.96. The van der Waals surface area contributed by atoms with Gasteiger partial charge >= 0.3 is 5.97 Å². The average molecular weight is 540 g/mol. The molecule has 0 bridgehead atoms. The molecule has 2 aromatic rings. The van der Waals surface area contributed by atoms with Crippen LogP contribution < -0.4 is 21.1 Å². The Morgan fingerprint density at radius 1 is 1.24 bits per heavy atom. The molecule has 1 aromatic heterocycles. The van der Waals surface area contributed by atoms with Crippen LogP contribution in [0.15, 0.2) is 30.3 Å². The number of hydrogen-bond donors (Lipinski definition) is 9.